The van der Waals surface area contributed by atoms with Crippen LogP contribution in [0.1, 0.15) is 5.56 Å². The minimum Gasteiger partial charge on any atom is -0.334 e. The minimum absolute atomic E-state index is 0.0324. The number of benzene rings is 1. The van der Waals surface area contributed by atoms with Crippen molar-refractivity contribution < 1.29 is 8.42 Å². The second-order valence-electron chi connectivity index (χ2n) is 3.50. The zero-order chi connectivity index (χ0) is 12.5. The Balaban J connectivity index is 2.33. The van der Waals surface area contributed by atoms with Gasteiger partial charge in [-0.15, -0.1) is 0 Å². The van der Waals surface area contributed by atoms with Gasteiger partial charge in [0, 0.05) is 4.47 Å². The summed E-state index contributed by atoms with van der Waals surface area (Å²) in [6.45, 7) is 1.93. The number of hydrogen-bond donors (Lipinski definition) is 2. The van der Waals surface area contributed by atoms with Crippen LogP contribution < -0.4 is 4.72 Å². The lowest BCUT2D eigenvalue weighted by atomic mass is 10.2. The van der Waals surface area contributed by atoms with Crippen molar-refractivity contribution in [3.63, 3.8) is 0 Å². The summed E-state index contributed by atoms with van der Waals surface area (Å²) in [6.07, 6.45) is 2.57. The molecule has 0 aliphatic carbocycles. The summed E-state index contributed by atoms with van der Waals surface area (Å²) in [5.74, 6) is 0. The van der Waals surface area contributed by atoms with E-state index in [1.54, 1.807) is 6.07 Å². The fourth-order valence-electron chi connectivity index (χ4n) is 1.29. The maximum Gasteiger partial charge on any atom is 0.279 e. The fourth-order valence-corrected chi connectivity index (χ4v) is 3.00. The van der Waals surface area contributed by atoms with E-state index in [2.05, 4.69) is 30.6 Å². The highest BCUT2D eigenvalue weighted by atomic mass is 79.9. The summed E-state index contributed by atoms with van der Waals surface area (Å²) < 4.78 is 27.0. The molecule has 2 aromatic rings. The monoisotopic (exact) mass is 315 g/mol. The van der Waals surface area contributed by atoms with Crippen LogP contribution in [0.4, 0.5) is 5.69 Å². The molecule has 1 aromatic heterocycles. The molecule has 0 aliphatic rings. The summed E-state index contributed by atoms with van der Waals surface area (Å²) in [5, 5.41) is 0.0324. The van der Waals surface area contributed by atoms with Crippen molar-refractivity contribution in [2.75, 3.05) is 4.72 Å². The molecule has 2 N–H and O–H groups in total. The molecule has 2 rings (SSSR count). The number of hydrogen-bond acceptors (Lipinski definition) is 3. The highest BCUT2D eigenvalue weighted by molar-refractivity contribution is 9.10. The predicted molar refractivity (Wildman–Crippen MR) is 68.3 cm³/mol. The number of imidazole rings is 1. The van der Waals surface area contributed by atoms with Gasteiger partial charge in [-0.1, -0.05) is 6.07 Å². The van der Waals surface area contributed by atoms with Gasteiger partial charge in [0.05, 0.1) is 18.2 Å². The molecule has 0 unspecified atom stereocenters. The second kappa shape index (κ2) is 4.50. The molecule has 0 atom stereocenters. The highest BCUT2D eigenvalue weighted by Gasteiger charge is 2.16. The maximum atomic E-state index is 11.9. The van der Waals surface area contributed by atoms with E-state index in [1.165, 1.54) is 12.5 Å². The molecule has 7 heteroatoms. The van der Waals surface area contributed by atoms with Crippen molar-refractivity contribution in [2.24, 2.45) is 0 Å². The van der Waals surface area contributed by atoms with Crippen molar-refractivity contribution >= 4 is 31.6 Å². The fraction of sp³-hybridized carbons (Fsp3) is 0.100. The molecule has 1 heterocycles. The molecule has 5 nitrogen and oxygen atoms in total. The van der Waals surface area contributed by atoms with E-state index in [0.29, 0.717) is 10.2 Å². The molecule has 0 bridgehead atoms. The third kappa shape index (κ3) is 2.67. The summed E-state index contributed by atoms with van der Waals surface area (Å²) >= 11 is 3.31. The van der Waals surface area contributed by atoms with Gasteiger partial charge in [-0.3, -0.25) is 4.72 Å². The zero-order valence-corrected chi connectivity index (χ0v) is 11.3. The highest BCUT2D eigenvalue weighted by Crippen LogP contribution is 2.25. The first-order valence-electron chi connectivity index (χ1n) is 4.76. The molecule has 0 aliphatic heterocycles. The van der Waals surface area contributed by atoms with Crippen LogP contribution in [0.3, 0.4) is 0 Å². The summed E-state index contributed by atoms with van der Waals surface area (Å²) in [7, 11) is -3.60. The summed E-state index contributed by atoms with van der Waals surface area (Å²) in [5.41, 5.74) is 1.53. The smallest absolute Gasteiger partial charge is 0.279 e. The average molecular weight is 316 g/mol. The molecule has 0 fully saturated rings. The molecule has 1 aromatic carbocycles. The normalized spacial score (nSPS) is 11.4. The number of nitrogens with zero attached hydrogens (tertiary/aromatic N) is 1. The van der Waals surface area contributed by atoms with E-state index in [4.69, 9.17) is 0 Å². The van der Waals surface area contributed by atoms with Gasteiger partial charge >= 0.3 is 0 Å². The van der Waals surface area contributed by atoms with E-state index in [-0.39, 0.29) is 5.03 Å². The number of aromatic amines is 1. The Labute approximate surface area is 107 Å². The van der Waals surface area contributed by atoms with Gasteiger partial charge in [-0.05, 0) is 40.5 Å². The number of aryl methyl sites for hydroxylation is 1. The molecular formula is C10H10BrN3O2S. The van der Waals surface area contributed by atoms with Crippen molar-refractivity contribution in [2.45, 2.75) is 11.9 Å². The van der Waals surface area contributed by atoms with Gasteiger partial charge < -0.3 is 4.98 Å². The standard InChI is InChI=1S/C10H10BrN3O2S/c1-7-2-3-9(8(11)4-7)14-17(15,16)10-5-12-6-13-10/h2-6,14H,1H3,(H,12,13). The lowest BCUT2D eigenvalue weighted by molar-refractivity contribution is 0.598. The van der Waals surface area contributed by atoms with Crippen molar-refractivity contribution in [1.82, 2.24) is 9.97 Å². The Morgan fingerprint density at radius 2 is 2.18 bits per heavy atom. The van der Waals surface area contributed by atoms with Crippen LogP contribution in [0.5, 0.6) is 0 Å². The van der Waals surface area contributed by atoms with Crippen LogP contribution in [0.15, 0.2) is 40.2 Å². The number of anilines is 1. The number of sulfonamides is 1. The van der Waals surface area contributed by atoms with Crippen LogP contribution in [-0.4, -0.2) is 18.4 Å². The van der Waals surface area contributed by atoms with Crippen LogP contribution in [0.25, 0.3) is 0 Å². The Morgan fingerprint density at radius 1 is 1.41 bits per heavy atom. The molecule has 17 heavy (non-hydrogen) atoms. The SMILES string of the molecule is Cc1ccc(NS(=O)(=O)c2cnc[nH]2)c(Br)c1. The van der Waals surface area contributed by atoms with E-state index in [1.807, 2.05) is 19.1 Å². The quantitative estimate of drug-likeness (QED) is 0.912. The predicted octanol–water partition coefficient (Wildman–Crippen LogP) is 2.28. The van der Waals surface area contributed by atoms with Gasteiger partial charge in [0.15, 0.2) is 5.03 Å². The molecule has 0 radical (unpaired) electrons. The number of nitrogens with one attached hydrogen (secondary N) is 2. The van der Waals surface area contributed by atoms with Crippen LogP contribution in [0.2, 0.25) is 0 Å². The Hall–Kier alpha value is -1.34. The maximum absolute atomic E-state index is 11.9. The van der Waals surface area contributed by atoms with Crippen LogP contribution in [0, 0.1) is 6.92 Å². The van der Waals surface area contributed by atoms with Crippen molar-refractivity contribution in [3.8, 4) is 0 Å². The molecule has 0 saturated heterocycles. The number of H-pyrrole nitrogens is 1. The average Bonchev–Trinajstić information content (AvgIpc) is 2.76. The van der Waals surface area contributed by atoms with E-state index < -0.39 is 10.0 Å². The molecule has 0 saturated carbocycles. The Kier molecular flexibility index (Phi) is 3.21. The minimum atomic E-state index is -3.60. The van der Waals surface area contributed by atoms with Gasteiger partial charge in [-0.25, -0.2) is 4.98 Å². The van der Waals surface area contributed by atoms with E-state index >= 15 is 0 Å². The summed E-state index contributed by atoms with van der Waals surface area (Å²) in [6, 6.07) is 5.37. The lowest BCUT2D eigenvalue weighted by Crippen LogP contribution is -2.13. The zero-order valence-electron chi connectivity index (χ0n) is 8.94. The number of halogens is 1. The van der Waals surface area contributed by atoms with E-state index in [9.17, 15) is 8.42 Å². The first-order valence-corrected chi connectivity index (χ1v) is 7.04. The Morgan fingerprint density at radius 3 is 2.76 bits per heavy atom. The molecule has 90 valence electrons. The third-order valence-corrected chi connectivity index (χ3v) is 4.08. The number of aromatic nitrogens is 2. The van der Waals surface area contributed by atoms with Crippen LogP contribution in [-0.2, 0) is 10.0 Å². The number of rotatable bonds is 3. The van der Waals surface area contributed by atoms with Crippen molar-refractivity contribution in [1.29, 1.82) is 0 Å². The second-order valence-corrected chi connectivity index (χ2v) is 6.01. The molecule has 0 spiro atoms. The first kappa shape index (κ1) is 12.1. The van der Waals surface area contributed by atoms with E-state index in [0.717, 1.165) is 5.56 Å². The molecular weight excluding hydrogens is 306 g/mol. The van der Waals surface area contributed by atoms with Gasteiger partial charge in [0.2, 0.25) is 0 Å². The van der Waals surface area contributed by atoms with Crippen molar-refractivity contribution in [3.05, 3.63) is 40.8 Å². The summed E-state index contributed by atoms with van der Waals surface area (Å²) in [4.78, 5) is 6.23. The van der Waals surface area contributed by atoms with Gasteiger partial charge in [0.25, 0.3) is 10.0 Å². The topological polar surface area (TPSA) is 74.8 Å². The van der Waals surface area contributed by atoms with Gasteiger partial charge in [-0.2, -0.15) is 8.42 Å². The first-order chi connectivity index (χ1) is 7.99. The lowest BCUT2D eigenvalue weighted by Gasteiger charge is -2.08. The Bertz CT molecular complexity index is 623. The largest absolute Gasteiger partial charge is 0.334 e. The third-order valence-electron chi connectivity index (χ3n) is 2.13. The van der Waals surface area contributed by atoms with Crippen LogP contribution >= 0.6 is 15.9 Å². The van der Waals surface area contributed by atoms with Gasteiger partial charge in [0.1, 0.15) is 0 Å². The molecule has 0 amide bonds.